The standard InChI is InChI=1S/C10H22N2O/c1-4-9(2)12-6-5-10(7-12,8-13)11-3/h9,11,13H,4-8H2,1-3H3. The first-order chi connectivity index (χ1) is 6.17. The summed E-state index contributed by atoms with van der Waals surface area (Å²) < 4.78 is 0. The molecular weight excluding hydrogens is 164 g/mol. The summed E-state index contributed by atoms with van der Waals surface area (Å²) in [5.41, 5.74) is -0.0383. The second-order valence-electron chi connectivity index (χ2n) is 4.17. The van der Waals surface area contributed by atoms with Gasteiger partial charge < -0.3 is 10.4 Å². The predicted molar refractivity (Wildman–Crippen MR) is 54.8 cm³/mol. The second kappa shape index (κ2) is 4.40. The molecule has 3 heteroatoms. The molecule has 1 aliphatic heterocycles. The molecule has 2 atom stereocenters. The molecule has 0 aliphatic carbocycles. The van der Waals surface area contributed by atoms with Crippen molar-refractivity contribution in [1.29, 1.82) is 0 Å². The highest BCUT2D eigenvalue weighted by atomic mass is 16.3. The third kappa shape index (κ3) is 2.22. The van der Waals surface area contributed by atoms with E-state index in [-0.39, 0.29) is 12.1 Å². The van der Waals surface area contributed by atoms with Gasteiger partial charge in [0.1, 0.15) is 0 Å². The minimum Gasteiger partial charge on any atom is -0.394 e. The molecule has 0 radical (unpaired) electrons. The highest BCUT2D eigenvalue weighted by Crippen LogP contribution is 2.23. The number of aliphatic hydroxyl groups is 1. The van der Waals surface area contributed by atoms with E-state index in [4.69, 9.17) is 0 Å². The fraction of sp³-hybridized carbons (Fsp3) is 1.00. The summed E-state index contributed by atoms with van der Waals surface area (Å²) in [6.45, 7) is 6.80. The zero-order chi connectivity index (χ0) is 9.90. The Morgan fingerprint density at radius 2 is 2.31 bits per heavy atom. The number of rotatable bonds is 4. The summed E-state index contributed by atoms with van der Waals surface area (Å²) in [4.78, 5) is 2.45. The molecule has 1 fully saturated rings. The van der Waals surface area contributed by atoms with E-state index in [1.807, 2.05) is 7.05 Å². The van der Waals surface area contributed by atoms with Gasteiger partial charge in [-0.05, 0) is 26.8 Å². The van der Waals surface area contributed by atoms with Crippen LogP contribution in [-0.2, 0) is 0 Å². The van der Waals surface area contributed by atoms with E-state index in [0.29, 0.717) is 6.04 Å². The molecule has 3 nitrogen and oxygen atoms in total. The van der Waals surface area contributed by atoms with Gasteiger partial charge in [0.25, 0.3) is 0 Å². The van der Waals surface area contributed by atoms with Gasteiger partial charge in [-0.3, -0.25) is 4.90 Å². The zero-order valence-electron chi connectivity index (χ0n) is 9.01. The molecule has 1 saturated heterocycles. The van der Waals surface area contributed by atoms with Crippen LogP contribution in [0, 0.1) is 0 Å². The van der Waals surface area contributed by atoms with Gasteiger partial charge in [0, 0.05) is 19.1 Å². The molecule has 78 valence electrons. The highest BCUT2D eigenvalue weighted by molar-refractivity contribution is 4.97. The van der Waals surface area contributed by atoms with Crippen molar-refractivity contribution in [3.8, 4) is 0 Å². The van der Waals surface area contributed by atoms with Crippen LogP contribution >= 0.6 is 0 Å². The number of nitrogens with zero attached hydrogens (tertiary/aromatic N) is 1. The highest BCUT2D eigenvalue weighted by Gasteiger charge is 2.37. The summed E-state index contributed by atoms with van der Waals surface area (Å²) in [5, 5.41) is 12.5. The first-order valence-corrected chi connectivity index (χ1v) is 5.21. The molecule has 1 heterocycles. The summed E-state index contributed by atoms with van der Waals surface area (Å²) in [5.74, 6) is 0. The lowest BCUT2D eigenvalue weighted by molar-refractivity contribution is 0.157. The normalized spacial score (nSPS) is 32.3. The summed E-state index contributed by atoms with van der Waals surface area (Å²) >= 11 is 0. The van der Waals surface area contributed by atoms with Crippen molar-refractivity contribution in [2.45, 2.75) is 38.3 Å². The van der Waals surface area contributed by atoms with Gasteiger partial charge in [-0.1, -0.05) is 6.92 Å². The molecule has 0 amide bonds. The predicted octanol–water partition coefficient (Wildman–Crippen LogP) is 0.441. The summed E-state index contributed by atoms with van der Waals surface area (Å²) in [6, 6.07) is 0.641. The van der Waals surface area contributed by atoms with E-state index in [0.717, 1.165) is 19.5 Å². The van der Waals surface area contributed by atoms with Crippen LogP contribution in [0.25, 0.3) is 0 Å². The van der Waals surface area contributed by atoms with Crippen LogP contribution in [0.15, 0.2) is 0 Å². The van der Waals surface area contributed by atoms with E-state index in [9.17, 15) is 5.11 Å². The van der Waals surface area contributed by atoms with Crippen molar-refractivity contribution < 1.29 is 5.11 Å². The molecule has 0 aromatic heterocycles. The van der Waals surface area contributed by atoms with Crippen molar-refractivity contribution in [3.05, 3.63) is 0 Å². The van der Waals surface area contributed by atoms with Gasteiger partial charge in [0.05, 0.1) is 12.1 Å². The van der Waals surface area contributed by atoms with Crippen LogP contribution in [0.2, 0.25) is 0 Å². The minimum atomic E-state index is -0.0383. The number of likely N-dealkylation sites (N-methyl/N-ethyl adjacent to an activating group) is 1. The molecule has 1 rings (SSSR count). The molecule has 0 aromatic carbocycles. The summed E-state index contributed by atoms with van der Waals surface area (Å²) in [7, 11) is 1.94. The topological polar surface area (TPSA) is 35.5 Å². The maximum Gasteiger partial charge on any atom is 0.0626 e. The Bertz CT molecular complexity index is 157. The molecular formula is C10H22N2O. The Morgan fingerprint density at radius 1 is 1.62 bits per heavy atom. The molecule has 0 bridgehead atoms. The average Bonchev–Trinajstić information content (AvgIpc) is 2.61. The molecule has 0 saturated carbocycles. The number of hydrogen-bond acceptors (Lipinski definition) is 3. The summed E-state index contributed by atoms with van der Waals surface area (Å²) in [6.07, 6.45) is 2.25. The third-order valence-electron chi connectivity index (χ3n) is 3.43. The van der Waals surface area contributed by atoms with E-state index >= 15 is 0 Å². The lowest BCUT2D eigenvalue weighted by Gasteiger charge is -2.29. The van der Waals surface area contributed by atoms with E-state index in [1.165, 1.54) is 6.42 Å². The molecule has 0 spiro atoms. The van der Waals surface area contributed by atoms with E-state index in [1.54, 1.807) is 0 Å². The van der Waals surface area contributed by atoms with Gasteiger partial charge in [-0.2, -0.15) is 0 Å². The smallest absolute Gasteiger partial charge is 0.0626 e. The van der Waals surface area contributed by atoms with Gasteiger partial charge in [-0.25, -0.2) is 0 Å². The SMILES string of the molecule is CCC(C)N1CCC(CO)(NC)C1. The zero-order valence-corrected chi connectivity index (χ0v) is 9.01. The fourth-order valence-electron chi connectivity index (χ4n) is 1.95. The first-order valence-electron chi connectivity index (χ1n) is 5.21. The first kappa shape index (κ1) is 11.0. The van der Waals surface area contributed by atoms with Crippen molar-refractivity contribution in [2.24, 2.45) is 0 Å². The minimum absolute atomic E-state index is 0.0383. The maximum atomic E-state index is 9.30. The van der Waals surface area contributed by atoms with Gasteiger partial charge in [0.2, 0.25) is 0 Å². The lowest BCUT2D eigenvalue weighted by atomic mass is 10.0. The number of hydrogen-bond donors (Lipinski definition) is 2. The molecule has 0 aromatic rings. The van der Waals surface area contributed by atoms with Crippen LogP contribution < -0.4 is 5.32 Å². The number of likely N-dealkylation sites (tertiary alicyclic amines) is 1. The number of nitrogens with one attached hydrogen (secondary N) is 1. The molecule has 1 aliphatic rings. The average molecular weight is 186 g/mol. The largest absolute Gasteiger partial charge is 0.394 e. The van der Waals surface area contributed by atoms with Crippen molar-refractivity contribution >= 4 is 0 Å². The van der Waals surface area contributed by atoms with Gasteiger partial charge in [-0.15, -0.1) is 0 Å². The Morgan fingerprint density at radius 3 is 2.69 bits per heavy atom. The Hall–Kier alpha value is -0.120. The monoisotopic (exact) mass is 186 g/mol. The van der Waals surface area contributed by atoms with Crippen LogP contribution in [0.5, 0.6) is 0 Å². The van der Waals surface area contributed by atoms with Gasteiger partial charge in [0.15, 0.2) is 0 Å². The van der Waals surface area contributed by atoms with Crippen LogP contribution in [0.3, 0.4) is 0 Å². The Balaban J connectivity index is 2.51. The molecule has 2 unspecified atom stereocenters. The molecule has 2 N–H and O–H groups in total. The van der Waals surface area contributed by atoms with E-state index < -0.39 is 0 Å². The third-order valence-corrected chi connectivity index (χ3v) is 3.43. The van der Waals surface area contributed by atoms with Crippen LogP contribution in [0.1, 0.15) is 26.7 Å². The van der Waals surface area contributed by atoms with Crippen LogP contribution in [0.4, 0.5) is 0 Å². The van der Waals surface area contributed by atoms with Crippen molar-refractivity contribution in [3.63, 3.8) is 0 Å². The Labute approximate surface area is 81.1 Å². The van der Waals surface area contributed by atoms with E-state index in [2.05, 4.69) is 24.1 Å². The fourth-order valence-corrected chi connectivity index (χ4v) is 1.95. The van der Waals surface area contributed by atoms with Gasteiger partial charge >= 0.3 is 0 Å². The Kier molecular flexibility index (Phi) is 3.71. The maximum absolute atomic E-state index is 9.30. The number of aliphatic hydroxyl groups excluding tert-OH is 1. The second-order valence-corrected chi connectivity index (χ2v) is 4.17. The molecule has 13 heavy (non-hydrogen) atoms. The van der Waals surface area contributed by atoms with Crippen LogP contribution in [-0.4, -0.2) is 48.3 Å². The van der Waals surface area contributed by atoms with Crippen molar-refractivity contribution in [2.75, 3.05) is 26.7 Å². The van der Waals surface area contributed by atoms with Crippen molar-refractivity contribution in [1.82, 2.24) is 10.2 Å². The quantitative estimate of drug-likeness (QED) is 0.669. The lowest BCUT2D eigenvalue weighted by Crippen LogP contribution is -2.49.